The summed E-state index contributed by atoms with van der Waals surface area (Å²) in [4.78, 5) is 30.8. The first-order valence-electron chi connectivity index (χ1n) is 10.7. The molecule has 1 aromatic heterocycles. The van der Waals surface area contributed by atoms with Crippen LogP contribution in [0.3, 0.4) is 0 Å². The lowest BCUT2D eigenvalue weighted by molar-refractivity contribution is -0.125. The second kappa shape index (κ2) is 9.82. The van der Waals surface area contributed by atoms with Crippen molar-refractivity contribution in [1.29, 1.82) is 0 Å². The molecule has 0 radical (unpaired) electrons. The molecule has 0 saturated carbocycles. The van der Waals surface area contributed by atoms with Crippen LogP contribution in [0.25, 0.3) is 0 Å². The molecule has 29 heavy (non-hydrogen) atoms. The maximum absolute atomic E-state index is 12.6. The Morgan fingerprint density at radius 2 is 1.97 bits per heavy atom. The van der Waals surface area contributed by atoms with E-state index in [4.69, 9.17) is 4.74 Å². The number of rotatable bonds is 7. The average Bonchev–Trinajstić information content (AvgIpc) is 3.41. The maximum atomic E-state index is 12.6. The highest BCUT2D eigenvalue weighted by atomic mass is 32.1. The Labute approximate surface area is 175 Å². The third kappa shape index (κ3) is 5.23. The number of aromatic nitrogens is 2. The summed E-state index contributed by atoms with van der Waals surface area (Å²) in [6.45, 7) is 7.57. The Morgan fingerprint density at radius 3 is 2.76 bits per heavy atom. The Morgan fingerprint density at radius 1 is 1.14 bits per heavy atom. The van der Waals surface area contributed by atoms with Crippen molar-refractivity contribution < 1.29 is 14.3 Å². The average molecular weight is 423 g/mol. The van der Waals surface area contributed by atoms with Crippen LogP contribution < -0.4 is 15.1 Å². The molecule has 3 aliphatic heterocycles. The fraction of sp³-hybridized carbons (Fsp3) is 0.789. The van der Waals surface area contributed by atoms with Gasteiger partial charge in [0.05, 0.1) is 19.1 Å². The van der Waals surface area contributed by atoms with Gasteiger partial charge in [0.2, 0.25) is 22.1 Å². The summed E-state index contributed by atoms with van der Waals surface area (Å²) in [6.07, 6.45) is 4.30. The van der Waals surface area contributed by atoms with E-state index in [2.05, 4.69) is 25.3 Å². The van der Waals surface area contributed by atoms with Gasteiger partial charge in [-0.05, 0) is 32.2 Å². The van der Waals surface area contributed by atoms with Crippen molar-refractivity contribution in [3.8, 4) is 0 Å². The second-order valence-corrected chi connectivity index (χ2v) is 8.83. The van der Waals surface area contributed by atoms with Crippen LogP contribution in [0.2, 0.25) is 0 Å². The number of hydrogen-bond donors (Lipinski definition) is 1. The molecule has 0 spiro atoms. The van der Waals surface area contributed by atoms with Crippen molar-refractivity contribution in [2.45, 2.75) is 32.1 Å². The minimum atomic E-state index is -0.0205. The van der Waals surface area contributed by atoms with Gasteiger partial charge in [-0.15, -0.1) is 10.2 Å². The zero-order chi connectivity index (χ0) is 20.1. The Hall–Kier alpha value is -1.78. The van der Waals surface area contributed by atoms with E-state index >= 15 is 0 Å². The van der Waals surface area contributed by atoms with Crippen molar-refractivity contribution >= 4 is 33.4 Å². The zero-order valence-electron chi connectivity index (χ0n) is 16.8. The summed E-state index contributed by atoms with van der Waals surface area (Å²) in [5.74, 6) is 0.240. The minimum absolute atomic E-state index is 0.0205. The summed E-state index contributed by atoms with van der Waals surface area (Å²) < 4.78 is 5.36. The number of carbonyl (C=O) groups is 2. The molecule has 1 aromatic rings. The normalized spacial score (nSPS) is 23.6. The molecule has 3 aliphatic rings. The number of piperidine rings is 1. The van der Waals surface area contributed by atoms with E-state index in [1.807, 2.05) is 0 Å². The zero-order valence-corrected chi connectivity index (χ0v) is 17.7. The first-order valence-corrected chi connectivity index (χ1v) is 11.5. The molecule has 0 bridgehead atoms. The Balaban J connectivity index is 1.23. The SMILES string of the molecule is O=C(NCCCN1CCOCC1)C1CCCN(c2nnc(N3CCCC3=O)s2)C1. The minimum Gasteiger partial charge on any atom is -0.379 e. The molecule has 0 aromatic carbocycles. The van der Waals surface area contributed by atoms with Gasteiger partial charge >= 0.3 is 0 Å². The number of nitrogens with zero attached hydrogens (tertiary/aromatic N) is 5. The summed E-state index contributed by atoms with van der Waals surface area (Å²) in [6, 6.07) is 0. The lowest BCUT2D eigenvalue weighted by atomic mass is 9.97. The van der Waals surface area contributed by atoms with Crippen molar-refractivity contribution in [1.82, 2.24) is 20.4 Å². The summed E-state index contributed by atoms with van der Waals surface area (Å²) in [5.41, 5.74) is 0. The molecule has 9 nitrogen and oxygen atoms in total. The summed E-state index contributed by atoms with van der Waals surface area (Å²) in [7, 11) is 0. The molecule has 2 amide bonds. The number of amides is 2. The third-order valence-corrected chi connectivity index (χ3v) is 6.83. The molecule has 1 N–H and O–H groups in total. The van der Waals surface area contributed by atoms with Gasteiger partial charge in [0.25, 0.3) is 0 Å². The van der Waals surface area contributed by atoms with Crippen molar-refractivity contribution in [2.75, 3.05) is 68.8 Å². The highest BCUT2D eigenvalue weighted by Gasteiger charge is 2.30. The number of anilines is 2. The lowest BCUT2D eigenvalue weighted by Crippen LogP contribution is -2.44. The van der Waals surface area contributed by atoms with Crippen LogP contribution in [-0.2, 0) is 14.3 Å². The smallest absolute Gasteiger partial charge is 0.228 e. The van der Waals surface area contributed by atoms with E-state index in [1.165, 1.54) is 11.3 Å². The number of morpholine rings is 1. The molecule has 4 heterocycles. The molecule has 0 aliphatic carbocycles. The molecule has 160 valence electrons. The standard InChI is InChI=1S/C19H30N6O3S/c26-16-5-2-9-25(16)19-22-21-18(29-19)24-8-1-4-15(14-24)17(27)20-6-3-7-23-10-12-28-13-11-23/h15H,1-14H2,(H,20,27). The number of nitrogens with one attached hydrogen (secondary N) is 1. The molecular weight excluding hydrogens is 392 g/mol. The van der Waals surface area contributed by atoms with Gasteiger partial charge in [-0.1, -0.05) is 11.3 Å². The van der Waals surface area contributed by atoms with Crippen molar-refractivity contribution in [3.63, 3.8) is 0 Å². The van der Waals surface area contributed by atoms with Gasteiger partial charge in [0, 0.05) is 45.7 Å². The van der Waals surface area contributed by atoms with Gasteiger partial charge in [0.1, 0.15) is 0 Å². The molecule has 3 fully saturated rings. The maximum Gasteiger partial charge on any atom is 0.228 e. The fourth-order valence-corrected chi connectivity index (χ4v) is 5.07. The van der Waals surface area contributed by atoms with E-state index in [1.54, 1.807) is 4.90 Å². The van der Waals surface area contributed by atoms with Gasteiger partial charge < -0.3 is 15.0 Å². The number of carbonyl (C=O) groups excluding carboxylic acids is 2. The van der Waals surface area contributed by atoms with Gasteiger partial charge in [-0.3, -0.25) is 19.4 Å². The number of ether oxygens (including phenoxy) is 1. The Bertz CT molecular complexity index is 708. The van der Waals surface area contributed by atoms with Crippen molar-refractivity contribution in [2.24, 2.45) is 5.92 Å². The van der Waals surface area contributed by atoms with Gasteiger partial charge in [-0.25, -0.2) is 0 Å². The molecule has 3 saturated heterocycles. The summed E-state index contributed by atoms with van der Waals surface area (Å²) in [5, 5.41) is 13.1. The van der Waals surface area contributed by atoms with E-state index in [0.717, 1.165) is 76.8 Å². The third-order valence-electron chi connectivity index (χ3n) is 5.82. The van der Waals surface area contributed by atoms with Gasteiger partial charge in [0.15, 0.2) is 0 Å². The quantitative estimate of drug-likeness (QED) is 0.648. The highest BCUT2D eigenvalue weighted by Crippen LogP contribution is 2.32. The number of hydrogen-bond acceptors (Lipinski definition) is 8. The van der Waals surface area contributed by atoms with Crippen LogP contribution in [0, 0.1) is 5.92 Å². The first kappa shape index (κ1) is 20.5. The fourth-order valence-electron chi connectivity index (χ4n) is 4.14. The molecule has 1 atom stereocenters. The predicted molar refractivity (Wildman–Crippen MR) is 111 cm³/mol. The highest BCUT2D eigenvalue weighted by molar-refractivity contribution is 7.19. The molecule has 1 unspecified atom stereocenters. The second-order valence-electron chi connectivity index (χ2n) is 7.90. The molecule has 4 rings (SSSR count). The van der Waals surface area contributed by atoms with E-state index in [0.29, 0.717) is 24.6 Å². The topological polar surface area (TPSA) is 90.9 Å². The molecule has 10 heteroatoms. The largest absolute Gasteiger partial charge is 0.379 e. The lowest BCUT2D eigenvalue weighted by Gasteiger charge is -2.31. The van der Waals surface area contributed by atoms with Crippen LogP contribution in [0.4, 0.5) is 10.3 Å². The van der Waals surface area contributed by atoms with Crippen LogP contribution in [0.15, 0.2) is 0 Å². The van der Waals surface area contributed by atoms with E-state index in [-0.39, 0.29) is 17.7 Å². The van der Waals surface area contributed by atoms with Crippen LogP contribution in [-0.4, -0.2) is 85.9 Å². The monoisotopic (exact) mass is 422 g/mol. The van der Waals surface area contributed by atoms with E-state index < -0.39 is 0 Å². The van der Waals surface area contributed by atoms with E-state index in [9.17, 15) is 9.59 Å². The first-order chi connectivity index (χ1) is 14.2. The van der Waals surface area contributed by atoms with Crippen molar-refractivity contribution in [3.05, 3.63) is 0 Å². The molecular formula is C19H30N6O3S. The predicted octanol–water partition coefficient (Wildman–Crippen LogP) is 0.720. The summed E-state index contributed by atoms with van der Waals surface area (Å²) >= 11 is 1.45. The van der Waals surface area contributed by atoms with Crippen LogP contribution >= 0.6 is 11.3 Å². The van der Waals surface area contributed by atoms with Gasteiger partial charge in [-0.2, -0.15) is 0 Å². The Kier molecular flexibility index (Phi) is 6.94. The van der Waals surface area contributed by atoms with Crippen LogP contribution in [0.1, 0.15) is 32.1 Å². The van der Waals surface area contributed by atoms with Crippen LogP contribution in [0.5, 0.6) is 0 Å².